The number of amides is 1. The first kappa shape index (κ1) is 22.6. The summed E-state index contributed by atoms with van der Waals surface area (Å²) in [7, 11) is 1.57. The molecule has 0 spiro atoms. The van der Waals surface area contributed by atoms with Crippen LogP contribution in [0.25, 0.3) is 0 Å². The minimum atomic E-state index is -1.03. The highest BCUT2D eigenvalue weighted by Crippen LogP contribution is 2.41. The maximum atomic E-state index is 12.2. The molecule has 1 fully saturated rings. The number of fused-ring (bicyclic) bond motifs is 2. The number of imidazole rings is 1. The molecule has 1 unspecified atom stereocenters. The fraction of sp³-hybridized carbons (Fsp3) is 0.478. The van der Waals surface area contributed by atoms with E-state index in [0.717, 1.165) is 37.8 Å². The fourth-order valence-corrected chi connectivity index (χ4v) is 4.20. The van der Waals surface area contributed by atoms with E-state index in [-0.39, 0.29) is 12.3 Å². The number of aryl methyl sites for hydroxylation is 1. The van der Waals surface area contributed by atoms with Gasteiger partial charge in [-0.1, -0.05) is 19.3 Å². The Morgan fingerprint density at radius 2 is 2.06 bits per heavy atom. The van der Waals surface area contributed by atoms with Gasteiger partial charge in [0.15, 0.2) is 11.5 Å². The summed E-state index contributed by atoms with van der Waals surface area (Å²) in [6.45, 7) is 1.90. The highest BCUT2D eigenvalue weighted by Gasteiger charge is 2.41. The van der Waals surface area contributed by atoms with E-state index in [0.29, 0.717) is 36.3 Å². The van der Waals surface area contributed by atoms with Crippen LogP contribution in [0.3, 0.4) is 0 Å². The Bertz CT molecular complexity index is 1020. The Labute approximate surface area is 192 Å². The van der Waals surface area contributed by atoms with Crippen molar-refractivity contribution in [3.63, 3.8) is 0 Å². The molecule has 33 heavy (non-hydrogen) atoms. The normalized spacial score (nSPS) is 16.6. The van der Waals surface area contributed by atoms with Crippen molar-refractivity contribution >= 4 is 23.5 Å². The number of aliphatic carboxylic acids is 1. The summed E-state index contributed by atoms with van der Waals surface area (Å²) in [6, 6.07) is 2.87. The lowest BCUT2D eigenvalue weighted by atomic mass is 10.1. The van der Waals surface area contributed by atoms with Crippen LogP contribution in [-0.4, -0.2) is 57.2 Å². The average molecular weight is 456 g/mol. The van der Waals surface area contributed by atoms with E-state index in [1.807, 2.05) is 24.7 Å². The summed E-state index contributed by atoms with van der Waals surface area (Å²) >= 11 is 0. The summed E-state index contributed by atoms with van der Waals surface area (Å²) in [4.78, 5) is 33.6. The number of carbonyl (C=O) groups excluding carboxylic acids is 1. The van der Waals surface area contributed by atoms with E-state index in [2.05, 4.69) is 19.9 Å². The van der Waals surface area contributed by atoms with Crippen molar-refractivity contribution in [2.45, 2.75) is 57.7 Å². The lowest BCUT2D eigenvalue weighted by Gasteiger charge is -2.28. The summed E-state index contributed by atoms with van der Waals surface area (Å²) in [5.74, 6) is 0.187. The minimum absolute atomic E-state index is 0.291. The Morgan fingerprint density at radius 1 is 1.24 bits per heavy atom. The van der Waals surface area contributed by atoms with Gasteiger partial charge in [-0.05, 0) is 25.0 Å². The van der Waals surface area contributed by atoms with E-state index < -0.39 is 12.0 Å². The highest BCUT2D eigenvalue weighted by atomic mass is 16.5. The lowest BCUT2D eigenvalue weighted by Crippen LogP contribution is -2.38. The summed E-state index contributed by atoms with van der Waals surface area (Å²) in [5.41, 5.74) is 1.46. The average Bonchev–Trinajstić information content (AvgIpc) is 3.41. The van der Waals surface area contributed by atoms with Gasteiger partial charge in [-0.3, -0.25) is 14.9 Å². The Kier molecular flexibility index (Phi) is 7.11. The third kappa shape index (κ3) is 5.27. The van der Waals surface area contributed by atoms with E-state index in [9.17, 15) is 9.59 Å². The van der Waals surface area contributed by atoms with Gasteiger partial charge < -0.3 is 24.0 Å². The van der Waals surface area contributed by atoms with E-state index in [1.54, 1.807) is 18.2 Å². The zero-order valence-corrected chi connectivity index (χ0v) is 18.7. The second kappa shape index (κ2) is 10.4. The summed E-state index contributed by atoms with van der Waals surface area (Å²) in [5, 5.41) is 11.8. The molecular weight excluding hydrogens is 426 g/mol. The minimum Gasteiger partial charge on any atom is -0.492 e. The number of nitrogens with zero attached hydrogens (tertiary/aromatic N) is 4. The number of guanidine groups is 1. The molecule has 3 heterocycles. The van der Waals surface area contributed by atoms with Crippen molar-refractivity contribution in [2.24, 2.45) is 4.99 Å². The Hall–Kier alpha value is -3.56. The number of rotatable bonds is 12. The monoisotopic (exact) mass is 455 g/mol. The highest BCUT2D eigenvalue weighted by molar-refractivity contribution is 6.08. The van der Waals surface area contributed by atoms with Crippen LogP contribution in [0, 0.1) is 0 Å². The molecule has 1 aromatic heterocycles. The van der Waals surface area contributed by atoms with Crippen LogP contribution >= 0.6 is 0 Å². The van der Waals surface area contributed by atoms with Crippen molar-refractivity contribution in [2.75, 3.05) is 13.7 Å². The number of methoxy groups -OCH3 is 1. The van der Waals surface area contributed by atoms with Crippen LogP contribution in [0.1, 0.15) is 44.1 Å². The van der Waals surface area contributed by atoms with Gasteiger partial charge in [0, 0.05) is 24.5 Å². The largest absolute Gasteiger partial charge is 0.492 e. The van der Waals surface area contributed by atoms with Gasteiger partial charge in [-0.15, -0.1) is 0 Å². The fourth-order valence-electron chi connectivity index (χ4n) is 4.20. The summed E-state index contributed by atoms with van der Waals surface area (Å²) < 4.78 is 13.7. The number of unbranched alkanes of at least 4 members (excludes halogenated alkanes) is 4. The molecule has 4 rings (SSSR count). The number of carboxylic acids is 1. The molecule has 1 atom stereocenters. The molecule has 1 saturated heterocycles. The van der Waals surface area contributed by atoms with E-state index in [4.69, 9.17) is 14.6 Å². The quantitative estimate of drug-likeness (QED) is 0.472. The Balaban J connectivity index is 1.30. The molecule has 2 aromatic rings. The molecule has 1 aromatic carbocycles. The third-order valence-electron chi connectivity index (χ3n) is 5.89. The van der Waals surface area contributed by atoms with Crippen molar-refractivity contribution in [3.05, 3.63) is 36.4 Å². The standard InChI is InChI=1S/C23H29N5O5/c1-32-21-16-14-28-18(13-20(29)30)22(31)26-23(28)25-17(16)7-8-19(21)33-12-6-4-2-3-5-10-27-11-9-24-15-27/h7-9,11,15,18H,2-6,10,12-14H2,1H3,(H,29,30)(H,25,26,31). The molecule has 2 aliphatic heterocycles. The molecule has 176 valence electrons. The van der Waals surface area contributed by atoms with Gasteiger partial charge >= 0.3 is 5.97 Å². The number of aliphatic imine (C=N–C) groups is 1. The third-order valence-corrected chi connectivity index (χ3v) is 5.89. The van der Waals surface area contributed by atoms with Crippen LogP contribution in [0.15, 0.2) is 35.8 Å². The number of benzene rings is 1. The van der Waals surface area contributed by atoms with Crippen molar-refractivity contribution in [1.82, 2.24) is 19.8 Å². The lowest BCUT2D eigenvalue weighted by molar-refractivity contribution is -0.140. The topological polar surface area (TPSA) is 118 Å². The predicted octanol–water partition coefficient (Wildman–Crippen LogP) is 2.70. The molecule has 0 bridgehead atoms. The molecule has 1 amide bonds. The van der Waals surface area contributed by atoms with E-state index >= 15 is 0 Å². The zero-order chi connectivity index (χ0) is 23.2. The second-order valence-electron chi connectivity index (χ2n) is 8.18. The second-order valence-corrected chi connectivity index (χ2v) is 8.18. The van der Waals surface area contributed by atoms with Crippen LogP contribution in [-0.2, 0) is 22.7 Å². The SMILES string of the molecule is COc1c(OCCCCCCCn2ccnc2)ccc2c1CN1C(=N2)NC(=O)C1CC(=O)O. The van der Waals surface area contributed by atoms with Crippen LogP contribution in [0.5, 0.6) is 11.5 Å². The zero-order valence-electron chi connectivity index (χ0n) is 18.7. The molecule has 0 radical (unpaired) electrons. The number of carbonyl (C=O) groups is 2. The van der Waals surface area contributed by atoms with Gasteiger partial charge in [0.1, 0.15) is 6.04 Å². The smallest absolute Gasteiger partial charge is 0.305 e. The number of aromatic nitrogens is 2. The van der Waals surface area contributed by atoms with Crippen molar-refractivity contribution < 1.29 is 24.2 Å². The molecule has 10 heteroatoms. The van der Waals surface area contributed by atoms with Gasteiger partial charge in [0.25, 0.3) is 0 Å². The van der Waals surface area contributed by atoms with Crippen molar-refractivity contribution in [3.8, 4) is 11.5 Å². The molecule has 10 nitrogen and oxygen atoms in total. The first-order valence-electron chi connectivity index (χ1n) is 11.2. The van der Waals surface area contributed by atoms with Gasteiger partial charge in [-0.2, -0.15) is 0 Å². The van der Waals surface area contributed by atoms with Crippen LogP contribution < -0.4 is 14.8 Å². The molecule has 0 aliphatic carbocycles. The Morgan fingerprint density at radius 3 is 2.82 bits per heavy atom. The molecular formula is C23H29N5O5. The molecule has 0 saturated carbocycles. The predicted molar refractivity (Wildman–Crippen MR) is 121 cm³/mol. The maximum Gasteiger partial charge on any atom is 0.305 e. The van der Waals surface area contributed by atoms with E-state index in [1.165, 1.54) is 6.42 Å². The first-order valence-corrected chi connectivity index (χ1v) is 11.2. The maximum absolute atomic E-state index is 12.2. The van der Waals surface area contributed by atoms with Crippen LogP contribution in [0.4, 0.5) is 5.69 Å². The number of hydrogen-bond acceptors (Lipinski definition) is 7. The van der Waals surface area contributed by atoms with Crippen molar-refractivity contribution in [1.29, 1.82) is 0 Å². The number of carboxylic acid groups (broad SMARTS) is 1. The van der Waals surface area contributed by atoms with Gasteiger partial charge in [-0.25, -0.2) is 9.98 Å². The molecule has 2 N–H and O–H groups in total. The van der Waals surface area contributed by atoms with Crippen LogP contribution in [0.2, 0.25) is 0 Å². The van der Waals surface area contributed by atoms with Gasteiger partial charge in [0.05, 0.1) is 38.7 Å². The first-order chi connectivity index (χ1) is 16.1. The van der Waals surface area contributed by atoms with Gasteiger partial charge in [0.2, 0.25) is 11.9 Å². The molecule has 2 aliphatic rings. The number of hydrogen-bond donors (Lipinski definition) is 2. The number of ether oxygens (including phenoxy) is 2. The number of nitrogens with one attached hydrogen (secondary N) is 1. The summed E-state index contributed by atoms with van der Waals surface area (Å²) in [6.07, 6.45) is 10.8.